The van der Waals surface area contributed by atoms with Crippen molar-refractivity contribution in [3.63, 3.8) is 0 Å². The Morgan fingerprint density at radius 2 is 1.95 bits per heavy atom. The summed E-state index contributed by atoms with van der Waals surface area (Å²) in [6.07, 6.45) is 1.89. The van der Waals surface area contributed by atoms with Crippen molar-refractivity contribution < 1.29 is 9.47 Å². The van der Waals surface area contributed by atoms with E-state index in [1.807, 2.05) is 22.9 Å². The first-order valence-corrected chi connectivity index (χ1v) is 6.61. The molecule has 0 aliphatic heterocycles. The molecule has 1 aromatic heterocycles. The van der Waals surface area contributed by atoms with E-state index >= 15 is 0 Å². The van der Waals surface area contributed by atoms with E-state index < -0.39 is 0 Å². The average Bonchev–Trinajstić information content (AvgIpc) is 2.89. The van der Waals surface area contributed by atoms with E-state index in [4.69, 9.17) is 15.2 Å². The highest BCUT2D eigenvalue weighted by Crippen LogP contribution is 2.29. The Kier molecular flexibility index (Phi) is 4.57. The lowest BCUT2D eigenvalue weighted by Crippen LogP contribution is -2.06. The summed E-state index contributed by atoms with van der Waals surface area (Å²) in [4.78, 5) is 0. The fourth-order valence-electron chi connectivity index (χ4n) is 2.14. The number of ether oxygens (including phenoxy) is 2. The molecule has 108 valence electrons. The third-order valence-corrected chi connectivity index (χ3v) is 3.14. The van der Waals surface area contributed by atoms with E-state index in [9.17, 15) is 0 Å². The Balaban J connectivity index is 2.48. The fourth-order valence-corrected chi connectivity index (χ4v) is 2.14. The largest absolute Gasteiger partial charge is 0.493 e. The lowest BCUT2D eigenvalue weighted by Gasteiger charge is -2.11. The summed E-state index contributed by atoms with van der Waals surface area (Å²) >= 11 is 0. The lowest BCUT2D eigenvalue weighted by molar-refractivity contribution is 0.354. The third-order valence-electron chi connectivity index (χ3n) is 3.14. The van der Waals surface area contributed by atoms with Crippen LogP contribution in [-0.2, 0) is 13.0 Å². The normalized spacial score (nSPS) is 10.6. The maximum atomic E-state index is 5.71. The van der Waals surface area contributed by atoms with Crippen LogP contribution in [0.3, 0.4) is 0 Å². The molecule has 6 heteroatoms. The molecule has 0 amide bonds. The summed E-state index contributed by atoms with van der Waals surface area (Å²) in [7, 11) is 3.23. The van der Waals surface area contributed by atoms with Crippen molar-refractivity contribution in [2.75, 3.05) is 14.2 Å². The molecule has 0 radical (unpaired) electrons. The molecule has 0 saturated heterocycles. The first kappa shape index (κ1) is 14.3. The molecule has 0 aliphatic rings. The standard InChI is InChI=1S/C14H20N4O2/c1-4-5-12-11(9-15)16-17-18(12)10-6-7-13(19-2)14(8-10)20-3/h6-8H,4-5,9,15H2,1-3H3. The van der Waals surface area contributed by atoms with Crippen LogP contribution in [-0.4, -0.2) is 29.2 Å². The molecule has 0 fully saturated rings. The van der Waals surface area contributed by atoms with Crippen molar-refractivity contribution in [1.82, 2.24) is 15.0 Å². The predicted octanol–water partition coefficient (Wildman–Crippen LogP) is 1.70. The second-order valence-electron chi connectivity index (χ2n) is 4.39. The highest BCUT2D eigenvalue weighted by atomic mass is 16.5. The van der Waals surface area contributed by atoms with Gasteiger partial charge in [0.25, 0.3) is 0 Å². The van der Waals surface area contributed by atoms with Crippen molar-refractivity contribution in [2.45, 2.75) is 26.3 Å². The second kappa shape index (κ2) is 6.38. The van der Waals surface area contributed by atoms with Crippen molar-refractivity contribution in [3.05, 3.63) is 29.6 Å². The van der Waals surface area contributed by atoms with Crippen LogP contribution in [0, 0.1) is 0 Å². The Morgan fingerprint density at radius 3 is 2.55 bits per heavy atom. The van der Waals surface area contributed by atoms with Crippen molar-refractivity contribution >= 4 is 0 Å². The number of nitrogens with zero attached hydrogens (tertiary/aromatic N) is 3. The molecule has 1 heterocycles. The van der Waals surface area contributed by atoms with Crippen molar-refractivity contribution in [3.8, 4) is 17.2 Å². The smallest absolute Gasteiger partial charge is 0.162 e. The monoisotopic (exact) mass is 276 g/mol. The SMILES string of the molecule is CCCc1c(CN)nnn1-c1ccc(OC)c(OC)c1. The summed E-state index contributed by atoms with van der Waals surface area (Å²) in [6.45, 7) is 2.51. The van der Waals surface area contributed by atoms with Crippen LogP contribution >= 0.6 is 0 Å². The van der Waals surface area contributed by atoms with Gasteiger partial charge in [-0.3, -0.25) is 0 Å². The van der Waals surface area contributed by atoms with Gasteiger partial charge in [0.05, 0.1) is 31.3 Å². The fraction of sp³-hybridized carbons (Fsp3) is 0.429. The van der Waals surface area contributed by atoms with Gasteiger partial charge in [-0.2, -0.15) is 0 Å². The van der Waals surface area contributed by atoms with Gasteiger partial charge in [0.2, 0.25) is 0 Å². The Morgan fingerprint density at radius 1 is 1.20 bits per heavy atom. The van der Waals surface area contributed by atoms with Crippen molar-refractivity contribution in [2.24, 2.45) is 5.73 Å². The summed E-state index contributed by atoms with van der Waals surface area (Å²) in [5, 5.41) is 8.34. The quantitative estimate of drug-likeness (QED) is 0.869. The molecular weight excluding hydrogens is 256 g/mol. The summed E-state index contributed by atoms with van der Waals surface area (Å²) < 4.78 is 12.4. The number of nitrogens with two attached hydrogens (primary N) is 1. The Bertz CT molecular complexity index is 581. The van der Waals surface area contributed by atoms with Gasteiger partial charge in [0.15, 0.2) is 11.5 Å². The number of hydrogen-bond donors (Lipinski definition) is 1. The molecule has 0 saturated carbocycles. The number of hydrogen-bond acceptors (Lipinski definition) is 5. The first-order valence-electron chi connectivity index (χ1n) is 6.61. The maximum Gasteiger partial charge on any atom is 0.162 e. The van der Waals surface area contributed by atoms with Crippen LogP contribution in [0.5, 0.6) is 11.5 Å². The lowest BCUT2D eigenvalue weighted by atomic mass is 10.2. The first-order chi connectivity index (χ1) is 9.74. The van der Waals surface area contributed by atoms with Gasteiger partial charge in [-0.05, 0) is 18.6 Å². The van der Waals surface area contributed by atoms with Crippen LogP contribution in [0.2, 0.25) is 0 Å². The van der Waals surface area contributed by atoms with Gasteiger partial charge >= 0.3 is 0 Å². The van der Waals surface area contributed by atoms with Crippen LogP contribution in [0.25, 0.3) is 5.69 Å². The molecule has 1 aromatic carbocycles. The summed E-state index contributed by atoms with van der Waals surface area (Å²) in [5.74, 6) is 1.35. The Labute approximate surface area is 118 Å². The van der Waals surface area contributed by atoms with Gasteiger partial charge in [-0.15, -0.1) is 5.10 Å². The molecule has 0 spiro atoms. The molecule has 0 aliphatic carbocycles. The predicted molar refractivity (Wildman–Crippen MR) is 76.3 cm³/mol. The third kappa shape index (κ3) is 2.60. The topological polar surface area (TPSA) is 75.2 Å². The number of aromatic nitrogens is 3. The zero-order chi connectivity index (χ0) is 14.5. The van der Waals surface area contributed by atoms with Gasteiger partial charge < -0.3 is 15.2 Å². The number of methoxy groups -OCH3 is 2. The minimum atomic E-state index is 0.391. The maximum absolute atomic E-state index is 5.71. The van der Waals surface area contributed by atoms with E-state index in [1.54, 1.807) is 14.2 Å². The van der Waals surface area contributed by atoms with Gasteiger partial charge in [-0.1, -0.05) is 18.6 Å². The minimum Gasteiger partial charge on any atom is -0.493 e. The zero-order valence-corrected chi connectivity index (χ0v) is 12.1. The van der Waals surface area contributed by atoms with Gasteiger partial charge in [-0.25, -0.2) is 4.68 Å². The number of benzene rings is 1. The number of rotatable bonds is 6. The van der Waals surface area contributed by atoms with Crippen LogP contribution < -0.4 is 15.2 Å². The van der Waals surface area contributed by atoms with E-state index in [-0.39, 0.29) is 0 Å². The molecule has 0 atom stereocenters. The van der Waals surface area contributed by atoms with E-state index in [0.717, 1.165) is 29.9 Å². The van der Waals surface area contributed by atoms with E-state index in [1.165, 1.54) is 0 Å². The van der Waals surface area contributed by atoms with Crippen molar-refractivity contribution in [1.29, 1.82) is 0 Å². The van der Waals surface area contributed by atoms with E-state index in [2.05, 4.69) is 17.2 Å². The highest BCUT2D eigenvalue weighted by Gasteiger charge is 2.14. The summed E-state index contributed by atoms with van der Waals surface area (Å²) in [6, 6.07) is 5.66. The van der Waals surface area contributed by atoms with Crippen LogP contribution in [0.4, 0.5) is 0 Å². The molecule has 2 N–H and O–H groups in total. The average molecular weight is 276 g/mol. The molecule has 20 heavy (non-hydrogen) atoms. The molecule has 6 nitrogen and oxygen atoms in total. The van der Waals surface area contributed by atoms with Gasteiger partial charge in [0, 0.05) is 12.6 Å². The molecule has 0 bridgehead atoms. The van der Waals surface area contributed by atoms with E-state index in [0.29, 0.717) is 18.0 Å². The zero-order valence-electron chi connectivity index (χ0n) is 12.1. The molecular formula is C14H20N4O2. The Hall–Kier alpha value is -2.08. The minimum absolute atomic E-state index is 0.391. The summed E-state index contributed by atoms with van der Waals surface area (Å²) in [5.41, 5.74) is 8.48. The van der Waals surface area contributed by atoms with Crippen LogP contribution in [0.15, 0.2) is 18.2 Å². The van der Waals surface area contributed by atoms with Gasteiger partial charge in [0.1, 0.15) is 0 Å². The molecule has 0 unspecified atom stereocenters. The highest BCUT2D eigenvalue weighted by molar-refractivity contribution is 5.49. The molecule has 2 aromatic rings. The second-order valence-corrected chi connectivity index (χ2v) is 4.39. The molecule has 2 rings (SSSR count). The van der Waals surface area contributed by atoms with Crippen LogP contribution in [0.1, 0.15) is 24.7 Å².